The molecule has 0 fully saturated rings. The number of nitrogens with one attached hydrogen (secondary N) is 2. The number of hydrogen-bond donors (Lipinski definition) is 3. The van der Waals surface area contributed by atoms with E-state index < -0.39 is 27.5 Å². The third-order valence-corrected chi connectivity index (χ3v) is 4.97. The molecule has 1 rings (SSSR count). The molecule has 0 saturated carbocycles. The Morgan fingerprint density at radius 2 is 1.76 bits per heavy atom. The Morgan fingerprint density at radius 1 is 1.28 bits per heavy atom. The lowest BCUT2D eigenvalue weighted by atomic mass is 10.1. The standard InChI is InChI=1S/C12H13ClF3NO4S.C2H7N/c1-3-22(20,21)7-4-5-9(8(13)6-7)17-10(18)11(2,19)12(14,15)16;1-3-2/h4-6,19H,3H2,1-2H3,(H,17,18);3H,1-2H3. The minimum absolute atomic E-state index is 0.124. The molecular weight excluding hydrogens is 385 g/mol. The van der Waals surface area contributed by atoms with Crippen LogP contribution < -0.4 is 10.6 Å². The zero-order chi connectivity index (χ0) is 20.1. The van der Waals surface area contributed by atoms with Gasteiger partial charge in [0, 0.05) is 0 Å². The van der Waals surface area contributed by atoms with Crippen molar-refractivity contribution >= 4 is 33.0 Å². The quantitative estimate of drug-likeness (QED) is 0.715. The SMILES string of the molecule is CCS(=O)(=O)c1ccc(NC(=O)C(C)(O)C(F)(F)F)c(Cl)c1.CNC. The number of halogens is 4. The highest BCUT2D eigenvalue weighted by atomic mass is 35.5. The number of sulfone groups is 1. The number of aliphatic hydroxyl groups is 1. The van der Waals surface area contributed by atoms with Crippen LogP contribution in [0.2, 0.25) is 5.02 Å². The van der Waals surface area contributed by atoms with Crippen molar-refractivity contribution in [1.29, 1.82) is 0 Å². The fourth-order valence-electron chi connectivity index (χ4n) is 1.33. The molecule has 0 heterocycles. The van der Waals surface area contributed by atoms with E-state index in [9.17, 15) is 31.5 Å². The monoisotopic (exact) mass is 404 g/mol. The van der Waals surface area contributed by atoms with Gasteiger partial charge in [-0.1, -0.05) is 18.5 Å². The predicted molar refractivity (Wildman–Crippen MR) is 89.5 cm³/mol. The van der Waals surface area contributed by atoms with Crippen LogP contribution in [0.15, 0.2) is 23.1 Å². The summed E-state index contributed by atoms with van der Waals surface area (Å²) in [5.74, 6) is -1.91. The zero-order valence-electron chi connectivity index (χ0n) is 14.0. The van der Waals surface area contributed by atoms with Crippen molar-refractivity contribution in [2.75, 3.05) is 25.2 Å². The number of alkyl halides is 3. The number of hydrogen-bond acceptors (Lipinski definition) is 5. The van der Waals surface area contributed by atoms with Crippen molar-refractivity contribution in [1.82, 2.24) is 5.32 Å². The molecule has 1 aromatic rings. The van der Waals surface area contributed by atoms with Gasteiger partial charge in [-0.15, -0.1) is 0 Å². The van der Waals surface area contributed by atoms with Crippen LogP contribution >= 0.6 is 11.6 Å². The summed E-state index contributed by atoms with van der Waals surface area (Å²) < 4.78 is 60.9. The van der Waals surface area contributed by atoms with Crippen LogP contribution in [0.25, 0.3) is 0 Å². The molecule has 6 nitrogen and oxygen atoms in total. The largest absolute Gasteiger partial charge is 0.426 e. The van der Waals surface area contributed by atoms with Crippen molar-refractivity contribution in [3.05, 3.63) is 23.2 Å². The Kier molecular flexibility index (Phi) is 8.35. The summed E-state index contributed by atoms with van der Waals surface area (Å²) in [5, 5.41) is 13.5. The van der Waals surface area contributed by atoms with Gasteiger partial charge in [0.15, 0.2) is 9.84 Å². The van der Waals surface area contributed by atoms with Gasteiger partial charge in [-0.3, -0.25) is 4.79 Å². The van der Waals surface area contributed by atoms with Crippen molar-refractivity contribution in [2.45, 2.75) is 30.5 Å². The second-order valence-electron chi connectivity index (χ2n) is 5.07. The fourth-order valence-corrected chi connectivity index (χ4v) is 2.53. The number of amides is 1. The molecule has 3 N–H and O–H groups in total. The molecule has 144 valence electrons. The third kappa shape index (κ3) is 6.14. The summed E-state index contributed by atoms with van der Waals surface area (Å²) in [4.78, 5) is 11.4. The van der Waals surface area contributed by atoms with E-state index in [0.717, 1.165) is 18.2 Å². The van der Waals surface area contributed by atoms with E-state index in [1.54, 1.807) is 0 Å². The molecule has 0 aliphatic carbocycles. The van der Waals surface area contributed by atoms with Crippen molar-refractivity contribution < 1.29 is 31.5 Å². The maximum Gasteiger partial charge on any atom is 0.426 e. The van der Waals surface area contributed by atoms with E-state index in [1.165, 1.54) is 6.92 Å². The molecule has 0 saturated heterocycles. The van der Waals surface area contributed by atoms with Gasteiger partial charge in [-0.05, 0) is 39.2 Å². The zero-order valence-corrected chi connectivity index (χ0v) is 15.6. The van der Waals surface area contributed by atoms with Gasteiger partial charge in [0.1, 0.15) is 0 Å². The topological polar surface area (TPSA) is 95.5 Å². The third-order valence-electron chi connectivity index (χ3n) is 2.92. The molecule has 0 bridgehead atoms. The van der Waals surface area contributed by atoms with Gasteiger partial charge < -0.3 is 15.7 Å². The summed E-state index contributed by atoms with van der Waals surface area (Å²) in [5.41, 5.74) is -3.85. The molecule has 0 radical (unpaired) electrons. The van der Waals surface area contributed by atoms with Crippen LogP contribution in [-0.2, 0) is 14.6 Å². The van der Waals surface area contributed by atoms with E-state index in [0.29, 0.717) is 6.92 Å². The molecule has 1 amide bonds. The Morgan fingerprint density at radius 3 is 2.12 bits per heavy atom. The Balaban J connectivity index is 0.00000178. The van der Waals surface area contributed by atoms with Gasteiger partial charge in [0.05, 0.1) is 21.4 Å². The lowest BCUT2D eigenvalue weighted by Gasteiger charge is -2.25. The van der Waals surface area contributed by atoms with Gasteiger partial charge in [-0.25, -0.2) is 8.42 Å². The highest BCUT2D eigenvalue weighted by Crippen LogP contribution is 2.32. The van der Waals surface area contributed by atoms with Gasteiger partial charge in [0.2, 0.25) is 5.60 Å². The van der Waals surface area contributed by atoms with E-state index >= 15 is 0 Å². The van der Waals surface area contributed by atoms with Crippen LogP contribution in [0.5, 0.6) is 0 Å². The van der Waals surface area contributed by atoms with Crippen LogP contribution in [0.4, 0.5) is 18.9 Å². The van der Waals surface area contributed by atoms with E-state index in [-0.39, 0.29) is 21.4 Å². The first kappa shape index (κ1) is 23.6. The molecule has 25 heavy (non-hydrogen) atoms. The molecule has 1 aromatic carbocycles. The molecule has 0 spiro atoms. The minimum atomic E-state index is -5.17. The second-order valence-corrected chi connectivity index (χ2v) is 7.75. The highest BCUT2D eigenvalue weighted by molar-refractivity contribution is 7.91. The van der Waals surface area contributed by atoms with Crippen molar-refractivity contribution in [2.24, 2.45) is 0 Å². The Labute approximate surface area is 149 Å². The van der Waals surface area contributed by atoms with Crippen LogP contribution in [0.1, 0.15) is 13.8 Å². The van der Waals surface area contributed by atoms with Gasteiger partial charge in [-0.2, -0.15) is 13.2 Å². The number of anilines is 1. The number of carbonyl (C=O) groups excluding carboxylic acids is 1. The van der Waals surface area contributed by atoms with Crippen LogP contribution in [0, 0.1) is 0 Å². The van der Waals surface area contributed by atoms with E-state index in [1.807, 2.05) is 19.4 Å². The lowest BCUT2D eigenvalue weighted by Crippen LogP contribution is -2.52. The molecule has 0 aliphatic rings. The predicted octanol–water partition coefficient (Wildman–Crippen LogP) is 2.22. The first-order chi connectivity index (χ1) is 11.2. The Bertz CT molecular complexity index is 707. The fraction of sp³-hybridized carbons (Fsp3) is 0.500. The molecule has 0 aliphatic heterocycles. The molecule has 1 unspecified atom stereocenters. The summed E-state index contributed by atoms with van der Waals surface area (Å²) in [6.45, 7) is 1.71. The molecule has 0 aromatic heterocycles. The molecule has 11 heteroatoms. The Hall–Kier alpha value is -1.36. The smallest absolute Gasteiger partial charge is 0.373 e. The van der Waals surface area contributed by atoms with Crippen LogP contribution in [-0.4, -0.2) is 51.1 Å². The van der Waals surface area contributed by atoms with Crippen LogP contribution in [0.3, 0.4) is 0 Å². The van der Waals surface area contributed by atoms with E-state index in [4.69, 9.17) is 11.6 Å². The number of carbonyl (C=O) groups is 1. The summed E-state index contributed by atoms with van der Waals surface area (Å²) in [7, 11) is 0.206. The maximum atomic E-state index is 12.5. The minimum Gasteiger partial charge on any atom is -0.373 e. The highest BCUT2D eigenvalue weighted by Gasteiger charge is 2.55. The average molecular weight is 405 g/mol. The van der Waals surface area contributed by atoms with Crippen molar-refractivity contribution in [3.63, 3.8) is 0 Å². The molecule has 1 atom stereocenters. The second kappa shape index (κ2) is 8.84. The average Bonchev–Trinajstić information content (AvgIpc) is 2.48. The van der Waals surface area contributed by atoms with Gasteiger partial charge in [0.25, 0.3) is 5.91 Å². The first-order valence-corrected chi connectivity index (χ1v) is 8.99. The maximum absolute atomic E-state index is 12.5. The summed E-state index contributed by atoms with van der Waals surface area (Å²) in [6, 6.07) is 3.16. The summed E-state index contributed by atoms with van der Waals surface area (Å²) in [6.07, 6.45) is -5.17. The first-order valence-electron chi connectivity index (χ1n) is 6.95. The summed E-state index contributed by atoms with van der Waals surface area (Å²) >= 11 is 5.76. The number of benzene rings is 1. The van der Waals surface area contributed by atoms with E-state index in [2.05, 4.69) is 5.32 Å². The van der Waals surface area contributed by atoms with Gasteiger partial charge >= 0.3 is 6.18 Å². The molecular formula is C14H20ClF3N2O4S. The number of rotatable bonds is 4. The normalized spacial score (nSPS) is 14.1. The lowest BCUT2D eigenvalue weighted by molar-refractivity contribution is -0.242. The van der Waals surface area contributed by atoms with Crippen molar-refractivity contribution in [3.8, 4) is 0 Å².